The van der Waals surface area contributed by atoms with Crippen molar-refractivity contribution in [2.75, 3.05) is 5.73 Å². The number of nitrogen functional groups attached to an aromatic ring is 1. The van der Waals surface area contributed by atoms with Gasteiger partial charge in [0.1, 0.15) is 12.4 Å². The quantitative estimate of drug-likeness (QED) is 0.745. The van der Waals surface area contributed by atoms with Crippen molar-refractivity contribution < 1.29 is 4.74 Å². The van der Waals surface area contributed by atoms with E-state index >= 15 is 0 Å². The van der Waals surface area contributed by atoms with Crippen LogP contribution in [0.5, 0.6) is 5.75 Å². The highest BCUT2D eigenvalue weighted by molar-refractivity contribution is 5.47. The van der Waals surface area contributed by atoms with Crippen LogP contribution in [0.2, 0.25) is 0 Å². The summed E-state index contributed by atoms with van der Waals surface area (Å²) >= 11 is 0. The van der Waals surface area contributed by atoms with Crippen molar-refractivity contribution in [3.63, 3.8) is 0 Å². The van der Waals surface area contributed by atoms with E-state index in [0.29, 0.717) is 6.61 Å². The van der Waals surface area contributed by atoms with Crippen molar-refractivity contribution in [1.82, 2.24) is 9.55 Å². The Morgan fingerprint density at radius 3 is 2.62 bits per heavy atom. The van der Waals surface area contributed by atoms with E-state index in [-0.39, 0.29) is 0 Å². The van der Waals surface area contributed by atoms with Gasteiger partial charge in [0.25, 0.3) is 0 Å². The lowest BCUT2D eigenvalue weighted by atomic mass is 10.2. The average Bonchev–Trinajstić information content (AvgIpc) is 3.01. The van der Waals surface area contributed by atoms with Crippen LogP contribution in [0.25, 0.3) is 5.69 Å². The zero-order chi connectivity index (χ0) is 14.7. The Balaban J connectivity index is 1.68. The maximum atomic E-state index is 5.83. The number of imidazole rings is 1. The molecule has 4 heteroatoms. The molecule has 0 bridgehead atoms. The van der Waals surface area contributed by atoms with Gasteiger partial charge in [-0.05, 0) is 48.4 Å². The first-order valence-corrected chi connectivity index (χ1v) is 6.78. The Kier molecular flexibility index (Phi) is 3.60. The Morgan fingerprint density at radius 2 is 1.95 bits per heavy atom. The Hall–Kier alpha value is -2.75. The summed E-state index contributed by atoms with van der Waals surface area (Å²) in [5, 5.41) is 0. The van der Waals surface area contributed by atoms with Crippen LogP contribution in [0.4, 0.5) is 5.69 Å². The molecule has 0 atom stereocenters. The number of nitrogens with zero attached hydrogens (tertiary/aromatic N) is 2. The van der Waals surface area contributed by atoms with Crippen LogP contribution in [-0.4, -0.2) is 9.55 Å². The topological polar surface area (TPSA) is 53.1 Å². The number of hydrogen-bond acceptors (Lipinski definition) is 3. The highest BCUT2D eigenvalue weighted by Crippen LogP contribution is 2.21. The minimum absolute atomic E-state index is 0.537. The van der Waals surface area contributed by atoms with Crippen LogP contribution >= 0.6 is 0 Å². The van der Waals surface area contributed by atoms with Gasteiger partial charge in [-0.25, -0.2) is 4.98 Å². The van der Waals surface area contributed by atoms with Gasteiger partial charge < -0.3 is 15.0 Å². The molecule has 0 saturated carbocycles. The van der Waals surface area contributed by atoms with Crippen molar-refractivity contribution in [3.05, 3.63) is 72.3 Å². The second-order valence-electron chi connectivity index (χ2n) is 4.95. The maximum absolute atomic E-state index is 5.83. The molecule has 0 saturated heterocycles. The van der Waals surface area contributed by atoms with Gasteiger partial charge in [0.15, 0.2) is 0 Å². The highest BCUT2D eigenvalue weighted by Gasteiger charge is 2.01. The normalized spacial score (nSPS) is 10.5. The second-order valence-corrected chi connectivity index (χ2v) is 4.95. The van der Waals surface area contributed by atoms with Crippen LogP contribution < -0.4 is 10.5 Å². The first-order valence-electron chi connectivity index (χ1n) is 6.78. The number of aryl methyl sites for hydroxylation is 1. The summed E-state index contributed by atoms with van der Waals surface area (Å²) in [5.41, 5.74) is 9.74. The zero-order valence-corrected chi connectivity index (χ0v) is 11.9. The van der Waals surface area contributed by atoms with E-state index in [0.717, 1.165) is 28.3 Å². The fourth-order valence-corrected chi connectivity index (χ4v) is 2.17. The smallest absolute Gasteiger partial charge is 0.122 e. The largest absolute Gasteiger partial charge is 0.489 e. The number of hydrogen-bond donors (Lipinski definition) is 1. The van der Waals surface area contributed by atoms with E-state index in [1.807, 2.05) is 35.9 Å². The molecule has 106 valence electrons. The molecule has 3 aromatic rings. The summed E-state index contributed by atoms with van der Waals surface area (Å²) < 4.78 is 7.80. The Labute approximate surface area is 123 Å². The predicted molar refractivity (Wildman–Crippen MR) is 83.5 cm³/mol. The van der Waals surface area contributed by atoms with Crippen LogP contribution in [0.1, 0.15) is 11.1 Å². The monoisotopic (exact) mass is 279 g/mol. The number of anilines is 1. The number of aromatic nitrogens is 2. The van der Waals surface area contributed by atoms with E-state index in [4.69, 9.17) is 10.5 Å². The number of benzene rings is 2. The molecule has 0 amide bonds. The van der Waals surface area contributed by atoms with Crippen molar-refractivity contribution in [1.29, 1.82) is 0 Å². The first-order chi connectivity index (χ1) is 10.2. The van der Waals surface area contributed by atoms with Gasteiger partial charge in [-0.3, -0.25) is 0 Å². The van der Waals surface area contributed by atoms with Gasteiger partial charge in [-0.2, -0.15) is 0 Å². The van der Waals surface area contributed by atoms with E-state index < -0.39 is 0 Å². The lowest BCUT2D eigenvalue weighted by molar-refractivity contribution is 0.304. The second kappa shape index (κ2) is 5.71. The van der Waals surface area contributed by atoms with Crippen LogP contribution in [0.3, 0.4) is 0 Å². The van der Waals surface area contributed by atoms with E-state index in [1.165, 1.54) is 0 Å². The van der Waals surface area contributed by atoms with E-state index in [9.17, 15) is 0 Å². The Morgan fingerprint density at radius 1 is 1.14 bits per heavy atom. The summed E-state index contributed by atoms with van der Waals surface area (Å²) in [4.78, 5) is 4.04. The number of rotatable bonds is 4. The van der Waals surface area contributed by atoms with Gasteiger partial charge in [0, 0.05) is 23.8 Å². The zero-order valence-electron chi connectivity index (χ0n) is 11.9. The summed E-state index contributed by atoms with van der Waals surface area (Å²) in [5.74, 6) is 0.864. The van der Waals surface area contributed by atoms with Crippen molar-refractivity contribution >= 4 is 5.69 Å². The highest BCUT2D eigenvalue weighted by atomic mass is 16.5. The van der Waals surface area contributed by atoms with Crippen molar-refractivity contribution in [2.45, 2.75) is 13.5 Å². The molecule has 21 heavy (non-hydrogen) atoms. The van der Waals surface area contributed by atoms with Gasteiger partial charge in [-0.15, -0.1) is 0 Å². The fourth-order valence-electron chi connectivity index (χ4n) is 2.17. The number of nitrogens with two attached hydrogens (primary N) is 1. The van der Waals surface area contributed by atoms with Crippen LogP contribution in [0, 0.1) is 6.92 Å². The minimum atomic E-state index is 0.537. The molecular formula is C17H17N3O. The molecule has 3 rings (SSSR count). The van der Waals surface area contributed by atoms with Crippen LogP contribution in [0.15, 0.2) is 61.2 Å². The molecule has 0 fully saturated rings. The van der Waals surface area contributed by atoms with Crippen molar-refractivity contribution in [3.8, 4) is 11.4 Å². The maximum Gasteiger partial charge on any atom is 0.122 e. The summed E-state index contributed by atoms with van der Waals surface area (Å²) in [6, 6.07) is 13.9. The molecule has 2 N–H and O–H groups in total. The van der Waals surface area contributed by atoms with Gasteiger partial charge in [0.2, 0.25) is 0 Å². The van der Waals surface area contributed by atoms with E-state index in [2.05, 4.69) is 29.2 Å². The molecule has 4 nitrogen and oxygen atoms in total. The molecule has 0 spiro atoms. The van der Waals surface area contributed by atoms with E-state index in [1.54, 1.807) is 12.5 Å². The van der Waals surface area contributed by atoms with Gasteiger partial charge in [0.05, 0.1) is 6.33 Å². The standard InChI is InChI=1S/C17H17N3O/c1-13-10-15(18)4-7-17(13)21-11-14-2-5-16(6-3-14)20-9-8-19-12-20/h2-10,12H,11,18H2,1H3. The summed E-state index contributed by atoms with van der Waals surface area (Å²) in [6.07, 6.45) is 5.47. The molecule has 0 unspecified atom stereocenters. The molecule has 1 heterocycles. The third-order valence-electron chi connectivity index (χ3n) is 3.33. The van der Waals surface area contributed by atoms with Gasteiger partial charge >= 0.3 is 0 Å². The van der Waals surface area contributed by atoms with Crippen molar-refractivity contribution in [2.24, 2.45) is 0 Å². The molecule has 0 aliphatic carbocycles. The van der Waals surface area contributed by atoms with Gasteiger partial charge in [-0.1, -0.05) is 12.1 Å². The molecule has 0 radical (unpaired) electrons. The lowest BCUT2D eigenvalue weighted by Gasteiger charge is -2.10. The summed E-state index contributed by atoms with van der Waals surface area (Å²) in [6.45, 7) is 2.53. The third kappa shape index (κ3) is 3.05. The lowest BCUT2D eigenvalue weighted by Crippen LogP contribution is -1.98. The molecular weight excluding hydrogens is 262 g/mol. The average molecular weight is 279 g/mol. The molecule has 0 aliphatic rings. The first kappa shape index (κ1) is 13.2. The Bertz CT molecular complexity index is 718. The molecule has 2 aromatic carbocycles. The minimum Gasteiger partial charge on any atom is -0.489 e. The molecule has 1 aromatic heterocycles. The third-order valence-corrected chi connectivity index (χ3v) is 3.33. The number of ether oxygens (including phenoxy) is 1. The van der Waals surface area contributed by atoms with Crippen LogP contribution in [-0.2, 0) is 6.61 Å². The predicted octanol–water partition coefficient (Wildman–Crippen LogP) is 3.34. The fraction of sp³-hybridized carbons (Fsp3) is 0.118. The SMILES string of the molecule is Cc1cc(N)ccc1OCc1ccc(-n2ccnc2)cc1. The molecule has 0 aliphatic heterocycles. The summed E-state index contributed by atoms with van der Waals surface area (Å²) in [7, 11) is 0.